The molecule has 0 aliphatic heterocycles. The van der Waals surface area contributed by atoms with Crippen LogP contribution in [0.4, 0.5) is 0 Å². The standard InChI is InChI=1S/C22H33N3OS.HI/c1-3-23-22(25(2)16-13-21-12-9-19-27-21)24-15-7-8-17-26-18-14-20-10-5-4-6-11-20;/h4-6,9-12,19H,3,7-8,13-18H2,1-2H3,(H,23,24);1H. The van der Waals surface area contributed by atoms with Crippen LogP contribution >= 0.6 is 35.3 Å². The summed E-state index contributed by atoms with van der Waals surface area (Å²) in [6.45, 7) is 6.44. The summed E-state index contributed by atoms with van der Waals surface area (Å²) in [6, 6.07) is 14.8. The van der Waals surface area contributed by atoms with Crippen LogP contribution in [0.2, 0.25) is 0 Å². The lowest BCUT2D eigenvalue weighted by Crippen LogP contribution is -2.40. The van der Waals surface area contributed by atoms with Crippen molar-refractivity contribution in [2.75, 3.05) is 39.9 Å². The van der Waals surface area contributed by atoms with Gasteiger partial charge in [-0.15, -0.1) is 35.3 Å². The lowest BCUT2D eigenvalue weighted by molar-refractivity contribution is 0.134. The van der Waals surface area contributed by atoms with Gasteiger partial charge in [0.25, 0.3) is 0 Å². The van der Waals surface area contributed by atoms with Gasteiger partial charge in [-0.1, -0.05) is 36.4 Å². The highest BCUT2D eigenvalue weighted by molar-refractivity contribution is 14.0. The Labute approximate surface area is 191 Å². The zero-order valence-electron chi connectivity index (χ0n) is 17.1. The van der Waals surface area contributed by atoms with E-state index >= 15 is 0 Å². The van der Waals surface area contributed by atoms with E-state index in [1.54, 1.807) is 0 Å². The molecule has 0 bridgehead atoms. The number of nitrogens with one attached hydrogen (secondary N) is 1. The third kappa shape index (κ3) is 10.4. The molecule has 0 radical (unpaired) electrons. The fourth-order valence-electron chi connectivity index (χ4n) is 2.75. The van der Waals surface area contributed by atoms with E-state index in [0.717, 1.165) is 64.5 Å². The van der Waals surface area contributed by atoms with Crippen molar-refractivity contribution in [3.8, 4) is 0 Å². The highest BCUT2D eigenvalue weighted by Gasteiger charge is 2.05. The number of hydrogen-bond donors (Lipinski definition) is 1. The Hall–Kier alpha value is -1.12. The summed E-state index contributed by atoms with van der Waals surface area (Å²) in [5.74, 6) is 0.999. The monoisotopic (exact) mass is 515 g/mol. The Morgan fingerprint density at radius 2 is 1.89 bits per heavy atom. The van der Waals surface area contributed by atoms with Gasteiger partial charge in [-0.2, -0.15) is 0 Å². The van der Waals surface area contributed by atoms with Crippen molar-refractivity contribution in [2.45, 2.75) is 32.6 Å². The van der Waals surface area contributed by atoms with E-state index in [2.05, 4.69) is 66.0 Å². The molecule has 0 spiro atoms. The minimum Gasteiger partial charge on any atom is -0.381 e. The average Bonchev–Trinajstić information content (AvgIpc) is 3.21. The molecule has 4 nitrogen and oxygen atoms in total. The third-order valence-electron chi connectivity index (χ3n) is 4.31. The van der Waals surface area contributed by atoms with E-state index in [1.165, 1.54) is 10.4 Å². The maximum atomic E-state index is 5.75. The second-order valence-electron chi connectivity index (χ2n) is 6.54. The Morgan fingerprint density at radius 1 is 1.07 bits per heavy atom. The molecule has 1 aromatic carbocycles. The fourth-order valence-corrected chi connectivity index (χ4v) is 3.44. The number of ether oxygens (including phenoxy) is 1. The molecule has 0 atom stereocenters. The minimum absolute atomic E-state index is 0. The summed E-state index contributed by atoms with van der Waals surface area (Å²) in [7, 11) is 2.11. The highest BCUT2D eigenvalue weighted by atomic mass is 127. The molecule has 156 valence electrons. The number of thiophene rings is 1. The number of hydrogen-bond acceptors (Lipinski definition) is 3. The molecule has 1 N–H and O–H groups in total. The van der Waals surface area contributed by atoms with Crippen molar-refractivity contribution >= 4 is 41.3 Å². The maximum absolute atomic E-state index is 5.75. The topological polar surface area (TPSA) is 36.9 Å². The summed E-state index contributed by atoms with van der Waals surface area (Å²) < 4.78 is 5.75. The van der Waals surface area contributed by atoms with E-state index < -0.39 is 0 Å². The Morgan fingerprint density at radius 3 is 2.61 bits per heavy atom. The van der Waals surface area contributed by atoms with E-state index in [1.807, 2.05) is 17.4 Å². The SMILES string of the molecule is CCNC(=NCCCCOCCc1ccccc1)N(C)CCc1cccs1.I. The molecule has 0 saturated heterocycles. The lowest BCUT2D eigenvalue weighted by Gasteiger charge is -2.21. The molecule has 0 aliphatic rings. The maximum Gasteiger partial charge on any atom is 0.193 e. The van der Waals surface area contributed by atoms with Crippen molar-refractivity contribution in [2.24, 2.45) is 4.99 Å². The Bertz CT molecular complexity index is 634. The number of rotatable bonds is 12. The zero-order chi connectivity index (χ0) is 19.2. The lowest BCUT2D eigenvalue weighted by atomic mass is 10.2. The number of unbranched alkanes of at least 4 members (excludes halogenated alkanes) is 1. The quantitative estimate of drug-likeness (QED) is 0.190. The van der Waals surface area contributed by atoms with E-state index in [0.29, 0.717) is 0 Å². The molecule has 6 heteroatoms. The van der Waals surface area contributed by atoms with Crippen LogP contribution in [0.3, 0.4) is 0 Å². The van der Waals surface area contributed by atoms with Crippen molar-refractivity contribution in [1.29, 1.82) is 0 Å². The number of nitrogens with zero attached hydrogens (tertiary/aromatic N) is 2. The third-order valence-corrected chi connectivity index (χ3v) is 5.24. The summed E-state index contributed by atoms with van der Waals surface area (Å²) in [5.41, 5.74) is 1.34. The summed E-state index contributed by atoms with van der Waals surface area (Å²) in [4.78, 5) is 8.40. The normalized spacial score (nSPS) is 11.1. The second-order valence-corrected chi connectivity index (χ2v) is 7.57. The van der Waals surface area contributed by atoms with Crippen LogP contribution in [-0.2, 0) is 17.6 Å². The summed E-state index contributed by atoms with van der Waals surface area (Å²) in [5, 5.41) is 5.53. The van der Waals surface area contributed by atoms with Crippen molar-refractivity contribution in [1.82, 2.24) is 10.2 Å². The molecule has 0 fully saturated rings. The second kappa shape index (κ2) is 15.8. The largest absolute Gasteiger partial charge is 0.381 e. The van der Waals surface area contributed by atoms with Gasteiger partial charge in [0, 0.05) is 38.2 Å². The number of benzene rings is 1. The van der Waals surface area contributed by atoms with Crippen LogP contribution in [0.1, 0.15) is 30.2 Å². The predicted octanol–water partition coefficient (Wildman–Crippen LogP) is 4.85. The number of halogens is 1. The number of likely N-dealkylation sites (N-methyl/N-ethyl adjacent to an activating group) is 1. The highest BCUT2D eigenvalue weighted by Crippen LogP contribution is 2.09. The molecule has 0 aliphatic carbocycles. The summed E-state index contributed by atoms with van der Waals surface area (Å²) >= 11 is 1.82. The van der Waals surface area contributed by atoms with E-state index in [9.17, 15) is 0 Å². The first kappa shape index (κ1) is 24.9. The first-order valence-corrected chi connectivity index (χ1v) is 10.8. The molecule has 1 heterocycles. The molecule has 2 aromatic rings. The van der Waals surface area contributed by atoms with E-state index in [4.69, 9.17) is 9.73 Å². The van der Waals surface area contributed by atoms with Crippen molar-refractivity contribution < 1.29 is 4.74 Å². The number of guanidine groups is 1. The van der Waals surface area contributed by atoms with Gasteiger partial charge in [-0.25, -0.2) is 0 Å². The summed E-state index contributed by atoms with van der Waals surface area (Å²) in [6.07, 6.45) is 4.15. The Kier molecular flexibility index (Phi) is 14.0. The zero-order valence-corrected chi connectivity index (χ0v) is 20.2. The van der Waals surface area contributed by atoms with Gasteiger partial charge in [0.1, 0.15) is 0 Å². The van der Waals surface area contributed by atoms with Crippen LogP contribution < -0.4 is 5.32 Å². The molecular weight excluding hydrogens is 481 g/mol. The van der Waals surface area contributed by atoms with Gasteiger partial charge in [-0.05, 0) is 49.6 Å². The fraction of sp³-hybridized carbons (Fsp3) is 0.500. The van der Waals surface area contributed by atoms with E-state index in [-0.39, 0.29) is 24.0 Å². The average molecular weight is 516 g/mol. The molecule has 0 amide bonds. The van der Waals surface area contributed by atoms with Gasteiger partial charge >= 0.3 is 0 Å². The molecule has 28 heavy (non-hydrogen) atoms. The van der Waals surface area contributed by atoms with Gasteiger partial charge in [0.2, 0.25) is 0 Å². The van der Waals surface area contributed by atoms with Crippen LogP contribution in [0.5, 0.6) is 0 Å². The first-order chi connectivity index (χ1) is 13.3. The number of aliphatic imine (C=N–C) groups is 1. The van der Waals surface area contributed by atoms with Crippen LogP contribution in [0, 0.1) is 0 Å². The van der Waals surface area contributed by atoms with Gasteiger partial charge in [0.15, 0.2) is 5.96 Å². The van der Waals surface area contributed by atoms with Crippen LogP contribution in [0.15, 0.2) is 52.8 Å². The van der Waals surface area contributed by atoms with Gasteiger partial charge in [0.05, 0.1) is 6.61 Å². The van der Waals surface area contributed by atoms with Crippen molar-refractivity contribution in [3.63, 3.8) is 0 Å². The molecule has 0 saturated carbocycles. The molecule has 1 aromatic heterocycles. The smallest absolute Gasteiger partial charge is 0.193 e. The predicted molar refractivity (Wildman–Crippen MR) is 132 cm³/mol. The first-order valence-electron chi connectivity index (χ1n) is 9.93. The van der Waals surface area contributed by atoms with Crippen molar-refractivity contribution in [3.05, 3.63) is 58.3 Å². The molecular formula is C22H34IN3OS. The molecule has 0 unspecified atom stereocenters. The minimum atomic E-state index is 0. The van der Waals surface area contributed by atoms with Crippen LogP contribution in [-0.4, -0.2) is 50.8 Å². The van der Waals surface area contributed by atoms with Crippen LogP contribution in [0.25, 0.3) is 0 Å². The van der Waals surface area contributed by atoms with Gasteiger partial charge < -0.3 is 15.0 Å². The molecule has 2 rings (SSSR count). The Balaban J connectivity index is 0.00000392. The van der Waals surface area contributed by atoms with Gasteiger partial charge in [-0.3, -0.25) is 4.99 Å².